The van der Waals surface area contributed by atoms with Crippen LogP contribution in [-0.4, -0.2) is 13.1 Å². The Kier molecular flexibility index (Phi) is 3.48. The van der Waals surface area contributed by atoms with Crippen molar-refractivity contribution in [2.75, 3.05) is 13.1 Å². The molecule has 1 atom stereocenters. The highest BCUT2D eigenvalue weighted by Gasteiger charge is 2.24. The average Bonchev–Trinajstić information content (AvgIpc) is 2.49. The molecule has 1 fully saturated rings. The van der Waals surface area contributed by atoms with Gasteiger partial charge in [0.25, 0.3) is 0 Å². The molecule has 2 aromatic carbocycles. The molecule has 1 heterocycles. The molecule has 96 valence electrons. The number of fused-ring (bicyclic) bond motifs is 1. The number of nitrogens with one attached hydrogen (secondary N) is 1. The van der Waals surface area contributed by atoms with E-state index in [4.69, 9.17) is 0 Å². The molecule has 1 saturated heterocycles. The Morgan fingerprint density at radius 2 is 1.79 bits per heavy atom. The minimum Gasteiger partial charge on any atom is -0.317 e. The zero-order chi connectivity index (χ0) is 13.1. The summed E-state index contributed by atoms with van der Waals surface area (Å²) in [7, 11) is 0. The van der Waals surface area contributed by atoms with Gasteiger partial charge < -0.3 is 5.32 Å². The van der Waals surface area contributed by atoms with Crippen molar-refractivity contribution in [2.24, 2.45) is 5.92 Å². The minimum atomic E-state index is 0.0340. The van der Waals surface area contributed by atoms with Crippen molar-refractivity contribution in [3.8, 4) is 6.07 Å². The monoisotopic (exact) mass is 250 g/mol. The lowest BCUT2D eigenvalue weighted by molar-refractivity contribution is 0.351. The summed E-state index contributed by atoms with van der Waals surface area (Å²) >= 11 is 0. The van der Waals surface area contributed by atoms with Crippen molar-refractivity contribution in [3.63, 3.8) is 0 Å². The van der Waals surface area contributed by atoms with Crippen LogP contribution in [0.5, 0.6) is 0 Å². The third-order valence-electron chi connectivity index (χ3n) is 4.13. The van der Waals surface area contributed by atoms with E-state index in [1.165, 1.54) is 16.3 Å². The lowest BCUT2D eigenvalue weighted by Gasteiger charge is -2.26. The molecule has 3 rings (SSSR count). The third-order valence-corrected chi connectivity index (χ3v) is 4.13. The first-order valence-corrected chi connectivity index (χ1v) is 6.97. The lowest BCUT2D eigenvalue weighted by Crippen LogP contribution is -2.30. The Labute approximate surface area is 114 Å². The highest BCUT2D eigenvalue weighted by atomic mass is 14.9. The maximum absolute atomic E-state index is 9.53. The van der Waals surface area contributed by atoms with E-state index < -0.39 is 0 Å². The first-order chi connectivity index (χ1) is 9.38. The van der Waals surface area contributed by atoms with Gasteiger partial charge >= 0.3 is 0 Å². The number of piperidine rings is 1. The van der Waals surface area contributed by atoms with Crippen LogP contribution in [-0.2, 0) is 0 Å². The summed E-state index contributed by atoms with van der Waals surface area (Å²) in [5, 5.41) is 15.4. The van der Waals surface area contributed by atoms with Gasteiger partial charge in [-0.1, -0.05) is 36.4 Å². The molecular weight excluding hydrogens is 232 g/mol. The van der Waals surface area contributed by atoms with Crippen molar-refractivity contribution in [1.29, 1.82) is 5.26 Å². The van der Waals surface area contributed by atoms with Gasteiger partial charge in [-0.15, -0.1) is 0 Å². The maximum atomic E-state index is 9.53. The molecule has 0 aliphatic carbocycles. The van der Waals surface area contributed by atoms with E-state index in [9.17, 15) is 5.26 Å². The lowest BCUT2D eigenvalue weighted by atomic mass is 9.81. The number of nitriles is 1. The summed E-state index contributed by atoms with van der Waals surface area (Å²) in [6, 6.07) is 17.3. The molecule has 0 spiro atoms. The van der Waals surface area contributed by atoms with Crippen molar-refractivity contribution in [3.05, 3.63) is 48.0 Å². The van der Waals surface area contributed by atoms with Gasteiger partial charge in [0.1, 0.15) is 0 Å². The highest BCUT2D eigenvalue weighted by molar-refractivity contribution is 5.83. The molecule has 1 aliphatic heterocycles. The van der Waals surface area contributed by atoms with Crippen LogP contribution in [0.3, 0.4) is 0 Å². The summed E-state index contributed by atoms with van der Waals surface area (Å²) in [6.45, 7) is 2.08. The van der Waals surface area contributed by atoms with E-state index in [0.717, 1.165) is 25.9 Å². The summed E-state index contributed by atoms with van der Waals surface area (Å²) in [5.41, 5.74) is 1.17. The van der Waals surface area contributed by atoms with Crippen LogP contribution < -0.4 is 5.32 Å². The van der Waals surface area contributed by atoms with Crippen molar-refractivity contribution < 1.29 is 0 Å². The highest BCUT2D eigenvalue weighted by Crippen LogP contribution is 2.32. The van der Waals surface area contributed by atoms with Gasteiger partial charge in [0.15, 0.2) is 0 Å². The fourth-order valence-corrected chi connectivity index (χ4v) is 3.03. The molecule has 2 aromatic rings. The summed E-state index contributed by atoms with van der Waals surface area (Å²) in [4.78, 5) is 0. The third kappa shape index (κ3) is 2.47. The molecule has 0 bridgehead atoms. The summed E-state index contributed by atoms with van der Waals surface area (Å²) in [6.07, 6.45) is 2.20. The molecule has 0 saturated carbocycles. The Balaban J connectivity index is 1.94. The van der Waals surface area contributed by atoms with Gasteiger partial charge in [-0.05, 0) is 54.3 Å². The van der Waals surface area contributed by atoms with Crippen LogP contribution in [0.15, 0.2) is 42.5 Å². The molecule has 19 heavy (non-hydrogen) atoms. The number of benzene rings is 2. The van der Waals surface area contributed by atoms with Gasteiger partial charge in [-0.2, -0.15) is 5.26 Å². The second-order valence-corrected chi connectivity index (χ2v) is 5.30. The number of nitrogens with zero attached hydrogens (tertiary/aromatic N) is 1. The van der Waals surface area contributed by atoms with Crippen LogP contribution in [0.25, 0.3) is 10.8 Å². The van der Waals surface area contributed by atoms with Gasteiger partial charge in [-0.3, -0.25) is 0 Å². The standard InChI is InChI=1S/C17H18N2/c18-12-17(14-7-9-19-10-8-14)16-6-5-13-3-1-2-4-15(13)11-16/h1-6,11,14,17,19H,7-10H2. The van der Waals surface area contributed by atoms with Crippen LogP contribution >= 0.6 is 0 Å². The van der Waals surface area contributed by atoms with E-state index in [-0.39, 0.29) is 5.92 Å². The van der Waals surface area contributed by atoms with Crippen LogP contribution in [0.2, 0.25) is 0 Å². The minimum absolute atomic E-state index is 0.0340. The van der Waals surface area contributed by atoms with Crippen LogP contribution in [0.4, 0.5) is 0 Å². The van der Waals surface area contributed by atoms with Gasteiger partial charge in [-0.25, -0.2) is 0 Å². The number of hydrogen-bond acceptors (Lipinski definition) is 2. The van der Waals surface area contributed by atoms with E-state index in [1.807, 2.05) is 0 Å². The second-order valence-electron chi connectivity index (χ2n) is 5.30. The zero-order valence-corrected chi connectivity index (χ0v) is 11.0. The zero-order valence-electron chi connectivity index (χ0n) is 11.0. The quantitative estimate of drug-likeness (QED) is 0.886. The molecule has 2 nitrogen and oxygen atoms in total. The Bertz CT molecular complexity index is 606. The fraction of sp³-hybridized carbons (Fsp3) is 0.353. The van der Waals surface area contributed by atoms with Crippen molar-refractivity contribution in [2.45, 2.75) is 18.8 Å². The van der Waals surface area contributed by atoms with E-state index >= 15 is 0 Å². The van der Waals surface area contributed by atoms with Crippen molar-refractivity contribution >= 4 is 10.8 Å². The summed E-state index contributed by atoms with van der Waals surface area (Å²) < 4.78 is 0. The van der Waals surface area contributed by atoms with E-state index in [2.05, 4.69) is 53.9 Å². The Morgan fingerprint density at radius 3 is 2.53 bits per heavy atom. The van der Waals surface area contributed by atoms with E-state index in [0.29, 0.717) is 5.92 Å². The molecular formula is C17H18N2. The maximum Gasteiger partial charge on any atom is 0.0742 e. The van der Waals surface area contributed by atoms with Crippen LogP contribution in [0.1, 0.15) is 24.3 Å². The first-order valence-electron chi connectivity index (χ1n) is 6.97. The fourth-order valence-electron chi connectivity index (χ4n) is 3.03. The molecule has 0 aromatic heterocycles. The number of hydrogen-bond donors (Lipinski definition) is 1. The van der Waals surface area contributed by atoms with Crippen LogP contribution in [0, 0.1) is 17.2 Å². The largest absolute Gasteiger partial charge is 0.317 e. The predicted octanol–water partition coefficient (Wildman–Crippen LogP) is 3.45. The van der Waals surface area contributed by atoms with Crippen molar-refractivity contribution in [1.82, 2.24) is 5.32 Å². The molecule has 1 unspecified atom stereocenters. The smallest absolute Gasteiger partial charge is 0.0742 e. The molecule has 2 heteroatoms. The second kappa shape index (κ2) is 5.42. The van der Waals surface area contributed by atoms with Gasteiger partial charge in [0.05, 0.1) is 12.0 Å². The number of rotatable bonds is 2. The Hall–Kier alpha value is -1.85. The van der Waals surface area contributed by atoms with Gasteiger partial charge in [0.2, 0.25) is 0 Å². The Morgan fingerprint density at radius 1 is 1.05 bits per heavy atom. The molecule has 1 N–H and O–H groups in total. The molecule has 0 amide bonds. The summed E-state index contributed by atoms with van der Waals surface area (Å²) in [5.74, 6) is 0.527. The first kappa shape index (κ1) is 12.2. The topological polar surface area (TPSA) is 35.8 Å². The molecule has 1 aliphatic rings. The van der Waals surface area contributed by atoms with E-state index in [1.54, 1.807) is 0 Å². The average molecular weight is 250 g/mol. The predicted molar refractivity (Wildman–Crippen MR) is 77.9 cm³/mol. The SMILES string of the molecule is N#CC(c1ccc2ccccc2c1)C1CCNCC1. The molecule has 0 radical (unpaired) electrons. The van der Waals surface area contributed by atoms with Gasteiger partial charge in [0, 0.05) is 0 Å². The normalized spacial score (nSPS) is 18.1.